The Hall–Kier alpha value is -1.64. The number of benzene rings is 2. The van der Waals surface area contributed by atoms with Gasteiger partial charge >= 0.3 is 0 Å². The molecule has 0 spiro atoms. The van der Waals surface area contributed by atoms with Gasteiger partial charge in [0.25, 0.3) is 0 Å². The van der Waals surface area contributed by atoms with E-state index in [1.807, 2.05) is 0 Å². The van der Waals surface area contributed by atoms with Crippen LogP contribution < -0.4 is 0 Å². The van der Waals surface area contributed by atoms with Crippen LogP contribution in [-0.2, 0) is 0 Å². The molecule has 0 radical (unpaired) electrons. The van der Waals surface area contributed by atoms with E-state index in [4.69, 9.17) is 5.10 Å². The van der Waals surface area contributed by atoms with Gasteiger partial charge in [0.15, 0.2) is 16.5 Å². The minimum absolute atomic E-state index is 0.575. The Morgan fingerprint density at radius 1 is 0.615 bits per heavy atom. The van der Waals surface area contributed by atoms with Crippen LogP contribution in [0, 0.1) is 0 Å². The summed E-state index contributed by atoms with van der Waals surface area (Å²) in [5.74, 6) is 0. The van der Waals surface area contributed by atoms with E-state index in [9.17, 15) is 0 Å². The Kier molecular flexibility index (Phi) is 8.54. The highest BCUT2D eigenvalue weighted by Crippen LogP contribution is 2.49. The highest BCUT2D eigenvalue weighted by Gasteiger charge is 2.49. The van der Waals surface area contributed by atoms with Gasteiger partial charge in [-0.1, -0.05) is 123 Å². The third kappa shape index (κ3) is 4.44. The van der Waals surface area contributed by atoms with Gasteiger partial charge in [-0.15, -0.1) is 0 Å². The zero-order valence-corrected chi connectivity index (χ0v) is 29.9. The summed E-state index contributed by atoms with van der Waals surface area (Å²) in [4.78, 5) is 0. The van der Waals surface area contributed by atoms with Crippen molar-refractivity contribution < 1.29 is 0 Å². The molecule has 2 heterocycles. The van der Waals surface area contributed by atoms with Crippen LogP contribution in [0.2, 0.25) is 33.2 Å². The highest BCUT2D eigenvalue weighted by atomic mass is 79.9. The first-order chi connectivity index (χ1) is 18.2. The number of fused-ring (bicyclic) bond motifs is 2. The highest BCUT2D eigenvalue weighted by molar-refractivity contribution is 9.10. The summed E-state index contributed by atoms with van der Waals surface area (Å²) >= 11 is 3.82. The molecule has 4 aromatic rings. The van der Waals surface area contributed by atoms with Gasteiger partial charge in [-0.2, -0.15) is 5.10 Å². The lowest BCUT2D eigenvalue weighted by atomic mass is 10.1. The molecule has 0 amide bonds. The number of aromatic nitrogens is 3. The molecule has 212 valence electrons. The number of hydrogen-bond donors (Lipinski definition) is 0. The fourth-order valence-corrected chi connectivity index (χ4v) is 22.3. The molecule has 4 rings (SSSR count). The van der Waals surface area contributed by atoms with E-state index in [1.54, 1.807) is 0 Å². The van der Waals surface area contributed by atoms with E-state index in [1.165, 1.54) is 27.5 Å². The minimum Gasteiger partial charge on any atom is -0.366 e. The Bertz CT molecular complexity index is 1420. The summed E-state index contributed by atoms with van der Waals surface area (Å²) in [5, 5.41) is 8.34. The number of para-hydroxylation sites is 1. The molecule has 39 heavy (non-hydrogen) atoms. The SMILES string of the molecule is CC(C)[Si](C(C)C)(C(C)C)n1nc(-c2cc3ccc(Br)cc3n2[Si](C(C)C)(C(C)C)C(C)C)c2ccccc21. The van der Waals surface area contributed by atoms with Crippen molar-refractivity contribution in [1.29, 1.82) is 0 Å². The van der Waals surface area contributed by atoms with Crippen molar-refractivity contribution in [2.75, 3.05) is 0 Å². The monoisotopic (exact) mass is 623 g/mol. The van der Waals surface area contributed by atoms with E-state index >= 15 is 0 Å². The zero-order valence-electron chi connectivity index (χ0n) is 26.3. The maximum absolute atomic E-state index is 5.73. The Morgan fingerprint density at radius 3 is 1.64 bits per heavy atom. The lowest BCUT2D eigenvalue weighted by Crippen LogP contribution is -2.53. The van der Waals surface area contributed by atoms with Crippen molar-refractivity contribution in [3.63, 3.8) is 0 Å². The number of hydrogen-bond acceptors (Lipinski definition) is 1. The molecule has 0 N–H and O–H groups in total. The topological polar surface area (TPSA) is 22.8 Å². The Morgan fingerprint density at radius 2 is 1.13 bits per heavy atom. The third-order valence-electron chi connectivity index (χ3n) is 9.90. The summed E-state index contributed by atoms with van der Waals surface area (Å²) in [7, 11) is -4.15. The molecule has 0 saturated carbocycles. The van der Waals surface area contributed by atoms with Crippen molar-refractivity contribution in [1.82, 2.24) is 13.7 Å². The summed E-state index contributed by atoms with van der Waals surface area (Å²) in [6.07, 6.45) is 0. The Balaban J connectivity index is 2.23. The zero-order chi connectivity index (χ0) is 29.0. The molecule has 0 aliphatic rings. The molecule has 2 aromatic carbocycles. The van der Waals surface area contributed by atoms with Gasteiger partial charge in [-0.25, -0.2) is 0 Å². The van der Waals surface area contributed by atoms with E-state index in [0.29, 0.717) is 33.2 Å². The van der Waals surface area contributed by atoms with Crippen molar-refractivity contribution in [3.8, 4) is 11.4 Å². The fraction of sp³-hybridized carbons (Fsp3) is 0.545. The van der Waals surface area contributed by atoms with E-state index in [0.717, 1.165) is 10.2 Å². The number of rotatable bonds is 9. The largest absolute Gasteiger partial charge is 0.366 e. The van der Waals surface area contributed by atoms with Crippen molar-refractivity contribution >= 4 is 54.2 Å². The first kappa shape index (κ1) is 30.3. The van der Waals surface area contributed by atoms with E-state index < -0.39 is 16.5 Å². The van der Waals surface area contributed by atoms with Crippen LogP contribution in [0.1, 0.15) is 83.1 Å². The second-order valence-electron chi connectivity index (χ2n) is 13.5. The van der Waals surface area contributed by atoms with Crippen LogP contribution in [0.15, 0.2) is 53.0 Å². The maximum atomic E-state index is 5.73. The third-order valence-corrected chi connectivity index (χ3v) is 23.8. The Labute approximate surface area is 247 Å². The molecule has 0 fully saturated rings. The maximum Gasteiger partial charge on any atom is 0.193 e. The summed E-state index contributed by atoms with van der Waals surface area (Å²) in [6, 6.07) is 18.3. The van der Waals surface area contributed by atoms with Crippen LogP contribution in [0.25, 0.3) is 33.2 Å². The van der Waals surface area contributed by atoms with Gasteiger partial charge in [-0.05, 0) is 62.9 Å². The van der Waals surface area contributed by atoms with Crippen LogP contribution >= 0.6 is 15.9 Å². The molecule has 0 bridgehead atoms. The van der Waals surface area contributed by atoms with Gasteiger partial charge in [0, 0.05) is 15.4 Å². The average molecular weight is 625 g/mol. The minimum atomic E-state index is -2.10. The molecule has 0 saturated heterocycles. The molecule has 0 unspecified atom stereocenters. The van der Waals surface area contributed by atoms with E-state index in [2.05, 4.69) is 156 Å². The standard InChI is InChI=1S/C33H50BrN3Si2/c1-21(2)38(22(3)4,23(5)6)36-31-20-28(34)18-17-27(31)19-32(36)33-29-15-13-14-16-30(29)37(35-33)39(24(7)8,25(9)10)26(11)12/h13-26H,1-12H3. The van der Waals surface area contributed by atoms with Crippen molar-refractivity contribution in [2.45, 2.75) is 116 Å². The van der Waals surface area contributed by atoms with Crippen LogP contribution in [0.5, 0.6) is 0 Å². The molecular weight excluding hydrogens is 574 g/mol. The van der Waals surface area contributed by atoms with Crippen molar-refractivity contribution in [2.24, 2.45) is 0 Å². The van der Waals surface area contributed by atoms with Gasteiger partial charge in [0.1, 0.15) is 5.69 Å². The average Bonchev–Trinajstić information content (AvgIpc) is 3.38. The summed E-state index contributed by atoms with van der Waals surface area (Å²) < 4.78 is 6.54. The van der Waals surface area contributed by atoms with Gasteiger partial charge in [0.2, 0.25) is 0 Å². The number of nitrogens with zero attached hydrogens (tertiary/aromatic N) is 3. The summed E-state index contributed by atoms with van der Waals surface area (Å²) in [6.45, 7) is 29.4. The molecule has 3 nitrogen and oxygen atoms in total. The molecule has 0 aliphatic heterocycles. The molecule has 0 aliphatic carbocycles. The molecule has 2 aromatic heterocycles. The van der Waals surface area contributed by atoms with Crippen LogP contribution in [-0.4, -0.2) is 30.1 Å². The molecular formula is C33H50BrN3Si2. The predicted molar refractivity (Wildman–Crippen MR) is 181 cm³/mol. The first-order valence-corrected chi connectivity index (χ1v) is 20.2. The quantitative estimate of drug-likeness (QED) is 0.170. The second kappa shape index (κ2) is 11.0. The van der Waals surface area contributed by atoms with Gasteiger partial charge < -0.3 is 4.23 Å². The van der Waals surface area contributed by atoms with Crippen LogP contribution in [0.3, 0.4) is 0 Å². The second-order valence-corrected chi connectivity index (χ2v) is 25.8. The van der Waals surface area contributed by atoms with Gasteiger partial charge in [0.05, 0.1) is 11.2 Å². The van der Waals surface area contributed by atoms with Crippen molar-refractivity contribution in [3.05, 3.63) is 53.0 Å². The molecule has 6 heteroatoms. The molecule has 0 atom stereocenters. The van der Waals surface area contributed by atoms with Crippen LogP contribution in [0.4, 0.5) is 0 Å². The summed E-state index contributed by atoms with van der Waals surface area (Å²) in [5.41, 5.74) is 8.58. The smallest absolute Gasteiger partial charge is 0.193 e. The number of halogens is 1. The fourth-order valence-electron chi connectivity index (χ4n) is 8.82. The first-order valence-electron chi connectivity index (χ1n) is 15.0. The van der Waals surface area contributed by atoms with Gasteiger partial charge in [-0.3, -0.25) is 4.35 Å². The lowest BCUT2D eigenvalue weighted by Gasteiger charge is -2.45. The normalized spacial score (nSPS) is 13.6. The van der Waals surface area contributed by atoms with E-state index in [-0.39, 0.29) is 0 Å². The predicted octanol–water partition coefficient (Wildman–Crippen LogP) is 11.5. The lowest BCUT2D eigenvalue weighted by molar-refractivity contribution is 0.735.